The van der Waals surface area contributed by atoms with E-state index < -0.39 is 0 Å². The van der Waals surface area contributed by atoms with Crippen molar-refractivity contribution in [2.75, 3.05) is 46.0 Å². The highest BCUT2D eigenvalue weighted by Crippen LogP contribution is 2.10. The molecule has 0 bridgehead atoms. The summed E-state index contributed by atoms with van der Waals surface area (Å²) in [6.45, 7) is 5.38. The molecule has 0 fully saturated rings. The lowest BCUT2D eigenvalue weighted by atomic mass is 10.1. The molecule has 0 aliphatic heterocycles. The van der Waals surface area contributed by atoms with Gasteiger partial charge in [0, 0.05) is 0 Å². The van der Waals surface area contributed by atoms with Gasteiger partial charge in [0.1, 0.15) is 19.6 Å². The third-order valence-corrected chi connectivity index (χ3v) is 3.21. The van der Waals surface area contributed by atoms with Gasteiger partial charge < -0.3 is 19.8 Å². The Morgan fingerprint density at radius 1 is 0.688 bits per heavy atom. The third-order valence-electron chi connectivity index (χ3n) is 3.21. The molecule has 4 nitrogen and oxygen atoms in total. The molecule has 0 aromatic rings. The number of aliphatic hydroxyl groups is 3. The van der Waals surface area contributed by atoms with Crippen LogP contribution in [0.25, 0.3) is 0 Å². The maximum atomic E-state index is 9.08. The average Bonchev–Trinajstić information content (AvgIpc) is 2.26. The van der Waals surface area contributed by atoms with Crippen molar-refractivity contribution in [3.05, 3.63) is 0 Å². The van der Waals surface area contributed by atoms with Gasteiger partial charge in [0.25, 0.3) is 0 Å². The predicted molar refractivity (Wildman–Crippen MR) is 65.1 cm³/mol. The lowest BCUT2D eigenvalue weighted by Crippen LogP contribution is -2.53. The molecule has 16 heavy (non-hydrogen) atoms. The molecule has 0 rings (SSSR count). The summed E-state index contributed by atoms with van der Waals surface area (Å²) in [5.74, 6) is 0. The van der Waals surface area contributed by atoms with Crippen LogP contribution in [0.1, 0.15) is 32.6 Å². The van der Waals surface area contributed by atoms with Gasteiger partial charge in [-0.2, -0.15) is 0 Å². The van der Waals surface area contributed by atoms with Crippen LogP contribution in [-0.4, -0.2) is 65.8 Å². The zero-order valence-electron chi connectivity index (χ0n) is 10.6. The molecule has 0 saturated heterocycles. The van der Waals surface area contributed by atoms with Gasteiger partial charge in [-0.25, -0.2) is 0 Å². The molecule has 0 spiro atoms. The van der Waals surface area contributed by atoms with Crippen LogP contribution in [0.15, 0.2) is 0 Å². The highest BCUT2D eigenvalue weighted by molar-refractivity contribution is 4.47. The highest BCUT2D eigenvalue weighted by Gasteiger charge is 2.24. The monoisotopic (exact) mass is 234 g/mol. The first-order chi connectivity index (χ1) is 7.74. The van der Waals surface area contributed by atoms with Crippen LogP contribution in [0.3, 0.4) is 0 Å². The van der Waals surface area contributed by atoms with E-state index in [1.807, 2.05) is 0 Å². The Morgan fingerprint density at radius 2 is 1.19 bits per heavy atom. The fraction of sp³-hybridized carbons (Fsp3) is 1.00. The van der Waals surface area contributed by atoms with Gasteiger partial charge in [0.05, 0.1) is 26.4 Å². The smallest absolute Gasteiger partial charge is 0.102 e. The lowest BCUT2D eigenvalue weighted by Gasteiger charge is -2.37. The Labute approximate surface area is 99.1 Å². The molecule has 0 atom stereocenters. The van der Waals surface area contributed by atoms with Gasteiger partial charge in [-0.15, -0.1) is 0 Å². The molecule has 0 aliphatic carbocycles. The van der Waals surface area contributed by atoms with Crippen LogP contribution < -0.4 is 0 Å². The van der Waals surface area contributed by atoms with Gasteiger partial charge in [0.2, 0.25) is 0 Å². The summed E-state index contributed by atoms with van der Waals surface area (Å²) in [5.41, 5.74) is 0. The standard InChI is InChI=1S/C12H28NO3/c1-2-3-4-5-6-13(7-10-14,8-11-15)9-12-16/h14-16H,2-12H2,1H3/q+1. The van der Waals surface area contributed by atoms with Gasteiger partial charge in [-0.3, -0.25) is 0 Å². The first-order valence-electron chi connectivity index (χ1n) is 6.42. The third kappa shape index (κ3) is 6.43. The van der Waals surface area contributed by atoms with E-state index in [0.717, 1.165) is 13.0 Å². The van der Waals surface area contributed by atoms with Crippen LogP contribution in [0, 0.1) is 0 Å². The van der Waals surface area contributed by atoms with Crippen LogP contribution in [0.4, 0.5) is 0 Å². The second-order valence-electron chi connectivity index (χ2n) is 4.47. The van der Waals surface area contributed by atoms with E-state index in [9.17, 15) is 0 Å². The minimum absolute atomic E-state index is 0.119. The van der Waals surface area contributed by atoms with E-state index in [2.05, 4.69) is 6.92 Å². The minimum Gasteiger partial charge on any atom is -0.391 e. The Bertz CT molecular complexity index is 136. The van der Waals surface area contributed by atoms with Gasteiger partial charge in [-0.1, -0.05) is 19.8 Å². The van der Waals surface area contributed by atoms with Crippen molar-refractivity contribution < 1.29 is 19.8 Å². The number of nitrogens with zero attached hydrogens (tertiary/aromatic N) is 1. The average molecular weight is 234 g/mol. The Balaban J connectivity index is 4.12. The quantitative estimate of drug-likeness (QED) is 0.357. The predicted octanol–water partition coefficient (Wildman–Crippen LogP) is 0.360. The molecule has 0 aliphatic rings. The van der Waals surface area contributed by atoms with Gasteiger partial charge in [-0.05, 0) is 12.8 Å². The summed E-state index contributed by atoms with van der Waals surface area (Å²) < 4.78 is 0.646. The van der Waals surface area contributed by atoms with E-state index in [1.165, 1.54) is 19.3 Å². The summed E-state index contributed by atoms with van der Waals surface area (Å²) in [6, 6.07) is 0. The Morgan fingerprint density at radius 3 is 1.56 bits per heavy atom. The number of unbranched alkanes of at least 4 members (excludes halogenated alkanes) is 3. The minimum atomic E-state index is 0.119. The summed E-state index contributed by atoms with van der Waals surface area (Å²) in [5, 5.41) is 27.2. The van der Waals surface area contributed by atoms with Gasteiger partial charge in [0.15, 0.2) is 0 Å². The van der Waals surface area contributed by atoms with Crippen LogP contribution >= 0.6 is 0 Å². The summed E-state index contributed by atoms with van der Waals surface area (Å²) >= 11 is 0. The Hall–Kier alpha value is -0.160. The molecule has 3 N–H and O–H groups in total. The SMILES string of the molecule is CCCCCC[N+](CCO)(CCO)CCO. The molecule has 0 heterocycles. The van der Waals surface area contributed by atoms with Crippen molar-refractivity contribution in [3.8, 4) is 0 Å². The highest BCUT2D eigenvalue weighted by atomic mass is 16.3. The molecule has 0 aromatic carbocycles. The fourth-order valence-corrected chi connectivity index (χ4v) is 2.18. The van der Waals surface area contributed by atoms with Crippen molar-refractivity contribution >= 4 is 0 Å². The maximum absolute atomic E-state index is 9.08. The molecular formula is C12H28NO3+. The first kappa shape index (κ1) is 15.8. The number of hydrogen-bond donors (Lipinski definition) is 3. The molecule has 98 valence electrons. The van der Waals surface area contributed by atoms with Crippen LogP contribution in [0.5, 0.6) is 0 Å². The normalized spacial score (nSPS) is 12.0. The molecule has 0 aromatic heterocycles. The largest absolute Gasteiger partial charge is 0.391 e. The number of quaternary nitrogens is 1. The molecule has 0 amide bonds. The Kier molecular flexibility index (Phi) is 9.92. The fourth-order valence-electron chi connectivity index (χ4n) is 2.18. The van der Waals surface area contributed by atoms with Gasteiger partial charge >= 0.3 is 0 Å². The van der Waals surface area contributed by atoms with E-state index in [-0.39, 0.29) is 19.8 Å². The second kappa shape index (κ2) is 10.0. The topological polar surface area (TPSA) is 60.7 Å². The molecule has 0 radical (unpaired) electrons. The second-order valence-corrected chi connectivity index (χ2v) is 4.47. The molecular weight excluding hydrogens is 206 g/mol. The van der Waals surface area contributed by atoms with Crippen molar-refractivity contribution in [1.82, 2.24) is 0 Å². The van der Waals surface area contributed by atoms with E-state index in [4.69, 9.17) is 15.3 Å². The zero-order chi connectivity index (χ0) is 12.3. The molecule has 0 saturated carbocycles. The van der Waals surface area contributed by atoms with E-state index >= 15 is 0 Å². The van der Waals surface area contributed by atoms with Crippen molar-refractivity contribution in [2.45, 2.75) is 32.6 Å². The summed E-state index contributed by atoms with van der Waals surface area (Å²) in [4.78, 5) is 0. The van der Waals surface area contributed by atoms with E-state index in [1.54, 1.807) is 0 Å². The van der Waals surface area contributed by atoms with Crippen molar-refractivity contribution in [2.24, 2.45) is 0 Å². The van der Waals surface area contributed by atoms with E-state index in [0.29, 0.717) is 24.1 Å². The lowest BCUT2D eigenvalue weighted by molar-refractivity contribution is -0.929. The molecule has 0 unspecified atom stereocenters. The number of aliphatic hydroxyl groups excluding tert-OH is 3. The summed E-state index contributed by atoms with van der Waals surface area (Å²) in [7, 11) is 0. The molecule has 4 heteroatoms. The van der Waals surface area contributed by atoms with Crippen molar-refractivity contribution in [3.63, 3.8) is 0 Å². The van der Waals surface area contributed by atoms with Crippen LogP contribution in [-0.2, 0) is 0 Å². The summed E-state index contributed by atoms with van der Waals surface area (Å²) in [6.07, 6.45) is 4.74. The first-order valence-corrected chi connectivity index (χ1v) is 6.42. The number of rotatable bonds is 11. The zero-order valence-corrected chi connectivity index (χ0v) is 10.6. The number of hydrogen-bond acceptors (Lipinski definition) is 3. The maximum Gasteiger partial charge on any atom is 0.102 e. The van der Waals surface area contributed by atoms with Crippen molar-refractivity contribution in [1.29, 1.82) is 0 Å². The van der Waals surface area contributed by atoms with Crippen LogP contribution in [0.2, 0.25) is 0 Å².